The summed E-state index contributed by atoms with van der Waals surface area (Å²) in [6.07, 6.45) is 5.71. The number of benzene rings is 2. The highest BCUT2D eigenvalue weighted by Gasteiger charge is 2.21. The molecule has 31 heavy (non-hydrogen) atoms. The number of hydrogen-bond acceptors (Lipinski definition) is 5. The molecule has 1 amide bonds. The lowest BCUT2D eigenvalue weighted by Crippen LogP contribution is -2.38. The average molecular weight is 480 g/mol. The van der Waals surface area contributed by atoms with Crippen LogP contribution in [0.4, 0.5) is 5.69 Å². The molecule has 1 N–H and O–H groups in total. The standard InChI is InChI=1S/C24H26BrN5O/c25-21-7-8-22-20(15-21)18-30(24(31)23-16-26-10-11-28-23)14-13-29(12-4-9-27-22)17-19-5-2-1-3-6-19/h1-3,5-8,10-11,15-16,27H,4,9,12-14,17-18H2. The Labute approximate surface area is 191 Å². The molecule has 0 spiro atoms. The Balaban J connectivity index is 1.59. The zero-order chi connectivity index (χ0) is 21.5. The first-order valence-corrected chi connectivity index (χ1v) is 11.3. The molecule has 3 aromatic rings. The summed E-state index contributed by atoms with van der Waals surface area (Å²) in [5.74, 6) is -0.0991. The first-order chi connectivity index (χ1) is 15.2. The molecule has 0 saturated carbocycles. The number of nitrogens with zero attached hydrogens (tertiary/aromatic N) is 4. The minimum Gasteiger partial charge on any atom is -0.385 e. The Bertz CT molecular complexity index is 999. The van der Waals surface area contributed by atoms with Crippen molar-refractivity contribution in [2.24, 2.45) is 0 Å². The molecular weight excluding hydrogens is 454 g/mol. The van der Waals surface area contributed by atoms with Gasteiger partial charge in [-0.3, -0.25) is 14.7 Å². The topological polar surface area (TPSA) is 61.4 Å². The fraction of sp³-hybridized carbons (Fsp3) is 0.292. The van der Waals surface area contributed by atoms with Gasteiger partial charge < -0.3 is 10.2 Å². The molecule has 7 heteroatoms. The van der Waals surface area contributed by atoms with E-state index in [1.807, 2.05) is 17.0 Å². The van der Waals surface area contributed by atoms with Crippen LogP contribution in [0.1, 0.15) is 28.0 Å². The molecule has 6 nitrogen and oxygen atoms in total. The fourth-order valence-electron chi connectivity index (χ4n) is 3.79. The van der Waals surface area contributed by atoms with Crippen LogP contribution < -0.4 is 5.32 Å². The van der Waals surface area contributed by atoms with Gasteiger partial charge in [0.25, 0.3) is 5.91 Å². The molecule has 0 aliphatic carbocycles. The van der Waals surface area contributed by atoms with Crippen LogP contribution in [-0.4, -0.2) is 51.9 Å². The molecule has 0 unspecified atom stereocenters. The zero-order valence-corrected chi connectivity index (χ0v) is 19.0. The fourth-order valence-corrected chi connectivity index (χ4v) is 4.20. The second kappa shape index (κ2) is 10.5. The monoisotopic (exact) mass is 479 g/mol. The minimum absolute atomic E-state index is 0.0991. The minimum atomic E-state index is -0.0991. The first-order valence-electron chi connectivity index (χ1n) is 10.5. The number of aromatic nitrogens is 2. The van der Waals surface area contributed by atoms with Crippen molar-refractivity contribution in [3.05, 3.63) is 88.4 Å². The highest BCUT2D eigenvalue weighted by Crippen LogP contribution is 2.24. The van der Waals surface area contributed by atoms with Gasteiger partial charge in [-0.15, -0.1) is 0 Å². The number of amides is 1. The Morgan fingerprint density at radius 3 is 2.74 bits per heavy atom. The van der Waals surface area contributed by atoms with E-state index in [0.717, 1.165) is 48.3 Å². The van der Waals surface area contributed by atoms with Crippen molar-refractivity contribution in [1.29, 1.82) is 0 Å². The summed E-state index contributed by atoms with van der Waals surface area (Å²) in [4.78, 5) is 25.9. The normalized spacial score (nSPS) is 15.5. The summed E-state index contributed by atoms with van der Waals surface area (Å²) in [5, 5.41) is 3.56. The molecule has 2 aromatic carbocycles. The number of hydrogen-bond donors (Lipinski definition) is 1. The summed E-state index contributed by atoms with van der Waals surface area (Å²) in [6, 6.07) is 16.7. The number of rotatable bonds is 3. The van der Waals surface area contributed by atoms with E-state index in [-0.39, 0.29) is 5.91 Å². The van der Waals surface area contributed by atoms with E-state index >= 15 is 0 Å². The van der Waals surface area contributed by atoms with Gasteiger partial charge in [-0.1, -0.05) is 46.3 Å². The molecule has 0 fully saturated rings. The van der Waals surface area contributed by atoms with Crippen LogP contribution >= 0.6 is 15.9 Å². The molecule has 0 saturated heterocycles. The van der Waals surface area contributed by atoms with E-state index in [2.05, 4.69) is 72.5 Å². The van der Waals surface area contributed by atoms with Gasteiger partial charge in [0, 0.05) is 61.8 Å². The van der Waals surface area contributed by atoms with Crippen molar-refractivity contribution in [3.63, 3.8) is 0 Å². The van der Waals surface area contributed by atoms with Gasteiger partial charge in [0.2, 0.25) is 0 Å². The van der Waals surface area contributed by atoms with E-state index in [4.69, 9.17) is 0 Å². The molecule has 0 bridgehead atoms. The number of carbonyl (C=O) groups is 1. The maximum Gasteiger partial charge on any atom is 0.274 e. The predicted octanol–water partition coefficient (Wildman–Crippen LogP) is 4.20. The summed E-state index contributed by atoms with van der Waals surface area (Å²) >= 11 is 3.57. The lowest BCUT2D eigenvalue weighted by molar-refractivity contribution is 0.0713. The predicted molar refractivity (Wildman–Crippen MR) is 126 cm³/mol. The molecule has 4 rings (SSSR count). The van der Waals surface area contributed by atoms with Crippen molar-refractivity contribution in [1.82, 2.24) is 19.8 Å². The maximum atomic E-state index is 13.3. The van der Waals surface area contributed by atoms with Crippen molar-refractivity contribution in [2.75, 3.05) is 31.5 Å². The van der Waals surface area contributed by atoms with Crippen LogP contribution in [0.15, 0.2) is 71.6 Å². The Morgan fingerprint density at radius 2 is 1.94 bits per heavy atom. The number of nitrogens with one attached hydrogen (secondary N) is 1. The third-order valence-corrected chi connectivity index (χ3v) is 5.89. The smallest absolute Gasteiger partial charge is 0.274 e. The number of halogens is 1. The highest BCUT2D eigenvalue weighted by molar-refractivity contribution is 9.10. The summed E-state index contributed by atoms with van der Waals surface area (Å²) in [7, 11) is 0. The maximum absolute atomic E-state index is 13.3. The van der Waals surface area contributed by atoms with Gasteiger partial charge in [0.15, 0.2) is 0 Å². The van der Waals surface area contributed by atoms with Crippen LogP contribution in [0.2, 0.25) is 0 Å². The molecule has 2 heterocycles. The molecule has 1 aliphatic heterocycles. The van der Waals surface area contributed by atoms with Crippen LogP contribution in [0, 0.1) is 0 Å². The number of carbonyl (C=O) groups excluding carboxylic acids is 1. The number of anilines is 1. The van der Waals surface area contributed by atoms with E-state index in [1.54, 1.807) is 12.4 Å². The van der Waals surface area contributed by atoms with Crippen molar-refractivity contribution >= 4 is 27.5 Å². The average Bonchev–Trinajstić information content (AvgIpc) is 2.84. The van der Waals surface area contributed by atoms with Crippen LogP contribution in [0.25, 0.3) is 0 Å². The van der Waals surface area contributed by atoms with Crippen molar-refractivity contribution in [2.45, 2.75) is 19.5 Å². The third kappa shape index (κ3) is 5.89. The zero-order valence-electron chi connectivity index (χ0n) is 17.4. The third-order valence-electron chi connectivity index (χ3n) is 5.40. The van der Waals surface area contributed by atoms with Gasteiger partial charge >= 0.3 is 0 Å². The summed E-state index contributed by atoms with van der Waals surface area (Å²) in [6.45, 7) is 4.64. The summed E-state index contributed by atoms with van der Waals surface area (Å²) in [5.41, 5.74) is 3.81. The van der Waals surface area contributed by atoms with Gasteiger partial charge in [-0.05, 0) is 35.7 Å². The first kappa shape index (κ1) is 21.5. The molecular formula is C24H26BrN5O. The Hall–Kier alpha value is -2.77. The Morgan fingerprint density at radius 1 is 1.06 bits per heavy atom. The van der Waals surface area contributed by atoms with E-state index in [9.17, 15) is 4.79 Å². The second-order valence-electron chi connectivity index (χ2n) is 7.66. The molecule has 1 aliphatic rings. The van der Waals surface area contributed by atoms with E-state index < -0.39 is 0 Å². The van der Waals surface area contributed by atoms with E-state index in [0.29, 0.717) is 18.8 Å². The molecule has 0 radical (unpaired) electrons. The quantitative estimate of drug-likeness (QED) is 0.609. The lowest BCUT2D eigenvalue weighted by Gasteiger charge is -2.27. The molecule has 0 atom stereocenters. The highest BCUT2D eigenvalue weighted by atomic mass is 79.9. The lowest BCUT2D eigenvalue weighted by atomic mass is 10.1. The van der Waals surface area contributed by atoms with Crippen molar-refractivity contribution in [3.8, 4) is 0 Å². The number of fused-ring (bicyclic) bond motifs is 1. The van der Waals surface area contributed by atoms with Gasteiger partial charge in [-0.2, -0.15) is 0 Å². The van der Waals surface area contributed by atoms with Gasteiger partial charge in [-0.25, -0.2) is 4.98 Å². The van der Waals surface area contributed by atoms with Crippen molar-refractivity contribution < 1.29 is 4.79 Å². The summed E-state index contributed by atoms with van der Waals surface area (Å²) < 4.78 is 1.00. The largest absolute Gasteiger partial charge is 0.385 e. The van der Waals surface area contributed by atoms with Crippen LogP contribution in [-0.2, 0) is 13.1 Å². The SMILES string of the molecule is O=C(c1cnccn1)N1CCN(Cc2ccccc2)CCCNc2ccc(Br)cc2C1. The van der Waals surface area contributed by atoms with E-state index in [1.165, 1.54) is 11.8 Å². The van der Waals surface area contributed by atoms with Crippen LogP contribution in [0.5, 0.6) is 0 Å². The van der Waals surface area contributed by atoms with Gasteiger partial charge in [0.1, 0.15) is 5.69 Å². The Kier molecular flexibility index (Phi) is 7.27. The van der Waals surface area contributed by atoms with Crippen LogP contribution in [0.3, 0.4) is 0 Å². The second-order valence-corrected chi connectivity index (χ2v) is 8.58. The molecule has 160 valence electrons. The molecule has 1 aromatic heterocycles. The van der Waals surface area contributed by atoms with Gasteiger partial charge in [0.05, 0.1) is 6.20 Å².